The lowest BCUT2D eigenvalue weighted by atomic mass is 10.0. The highest BCUT2D eigenvalue weighted by molar-refractivity contribution is 5.75. The molecule has 2 unspecified atom stereocenters. The number of piperidine rings is 1. The van der Waals surface area contributed by atoms with Gasteiger partial charge >= 0.3 is 6.03 Å². The van der Waals surface area contributed by atoms with Crippen LogP contribution in [0.5, 0.6) is 0 Å². The summed E-state index contributed by atoms with van der Waals surface area (Å²) in [7, 11) is 0. The lowest BCUT2D eigenvalue weighted by molar-refractivity contribution is 0.147. The van der Waals surface area contributed by atoms with Crippen LogP contribution in [0.25, 0.3) is 0 Å². The van der Waals surface area contributed by atoms with Gasteiger partial charge in [-0.15, -0.1) is 0 Å². The largest absolute Gasteiger partial charge is 0.338 e. The SMILES string of the molecule is CCNC(=O)N1C2CCCC1CC2. The van der Waals surface area contributed by atoms with Crippen LogP contribution in [0, 0.1) is 0 Å². The van der Waals surface area contributed by atoms with E-state index in [1.54, 1.807) is 0 Å². The van der Waals surface area contributed by atoms with Gasteiger partial charge in [0.2, 0.25) is 0 Å². The fourth-order valence-corrected chi connectivity index (χ4v) is 2.69. The van der Waals surface area contributed by atoms with E-state index in [0.29, 0.717) is 12.1 Å². The van der Waals surface area contributed by atoms with Crippen molar-refractivity contribution in [1.29, 1.82) is 0 Å². The van der Waals surface area contributed by atoms with E-state index in [1.807, 2.05) is 6.92 Å². The number of fused-ring (bicyclic) bond motifs is 2. The molecule has 2 amide bonds. The minimum Gasteiger partial charge on any atom is -0.338 e. The van der Waals surface area contributed by atoms with E-state index in [4.69, 9.17) is 0 Å². The van der Waals surface area contributed by atoms with Crippen molar-refractivity contribution in [3.63, 3.8) is 0 Å². The third-order valence-electron chi connectivity index (χ3n) is 3.26. The van der Waals surface area contributed by atoms with E-state index in [2.05, 4.69) is 10.2 Å². The zero-order valence-electron chi connectivity index (χ0n) is 8.25. The second-order valence-electron chi connectivity index (χ2n) is 4.06. The first-order chi connectivity index (χ1) is 6.33. The molecule has 0 aromatic rings. The average molecular weight is 182 g/mol. The van der Waals surface area contributed by atoms with E-state index in [0.717, 1.165) is 6.54 Å². The lowest BCUT2D eigenvalue weighted by Crippen LogP contribution is -2.48. The van der Waals surface area contributed by atoms with Gasteiger partial charge in [0.1, 0.15) is 0 Å². The number of amides is 2. The molecule has 0 saturated carbocycles. The molecule has 3 heteroatoms. The van der Waals surface area contributed by atoms with Crippen molar-refractivity contribution in [2.75, 3.05) is 6.54 Å². The van der Waals surface area contributed by atoms with Gasteiger partial charge < -0.3 is 10.2 Å². The molecule has 0 aromatic heterocycles. The van der Waals surface area contributed by atoms with E-state index in [9.17, 15) is 4.79 Å². The Morgan fingerprint density at radius 3 is 2.46 bits per heavy atom. The summed E-state index contributed by atoms with van der Waals surface area (Å²) in [6.45, 7) is 2.72. The van der Waals surface area contributed by atoms with Crippen molar-refractivity contribution in [2.45, 2.75) is 51.1 Å². The molecule has 2 saturated heterocycles. The molecular formula is C10H18N2O. The maximum Gasteiger partial charge on any atom is 0.317 e. The number of urea groups is 1. The Hall–Kier alpha value is -0.730. The van der Waals surface area contributed by atoms with Gasteiger partial charge in [-0.2, -0.15) is 0 Å². The number of carbonyl (C=O) groups excluding carboxylic acids is 1. The molecule has 2 rings (SSSR count). The predicted octanol–water partition coefficient (Wildman–Crippen LogP) is 1.73. The zero-order chi connectivity index (χ0) is 9.26. The van der Waals surface area contributed by atoms with Gasteiger partial charge in [0, 0.05) is 18.6 Å². The van der Waals surface area contributed by atoms with Gasteiger partial charge in [0.05, 0.1) is 0 Å². The van der Waals surface area contributed by atoms with Crippen LogP contribution in [-0.4, -0.2) is 29.6 Å². The van der Waals surface area contributed by atoms with E-state index >= 15 is 0 Å². The quantitative estimate of drug-likeness (QED) is 0.658. The Labute approximate surface area is 79.5 Å². The summed E-state index contributed by atoms with van der Waals surface area (Å²) in [6.07, 6.45) is 6.19. The maximum atomic E-state index is 11.7. The zero-order valence-corrected chi connectivity index (χ0v) is 8.25. The monoisotopic (exact) mass is 182 g/mol. The van der Waals surface area contributed by atoms with Crippen molar-refractivity contribution in [3.05, 3.63) is 0 Å². The van der Waals surface area contributed by atoms with Gasteiger partial charge in [-0.05, 0) is 39.0 Å². The highest BCUT2D eigenvalue weighted by Gasteiger charge is 2.39. The van der Waals surface area contributed by atoms with Crippen LogP contribution in [0.2, 0.25) is 0 Å². The molecule has 0 spiro atoms. The number of nitrogens with zero attached hydrogens (tertiary/aromatic N) is 1. The Bertz CT molecular complexity index is 189. The van der Waals surface area contributed by atoms with Crippen LogP contribution < -0.4 is 5.32 Å². The van der Waals surface area contributed by atoms with Crippen molar-refractivity contribution < 1.29 is 4.79 Å². The molecular weight excluding hydrogens is 164 g/mol. The lowest BCUT2D eigenvalue weighted by Gasteiger charge is -2.34. The molecule has 2 bridgehead atoms. The highest BCUT2D eigenvalue weighted by atomic mass is 16.2. The summed E-state index contributed by atoms with van der Waals surface area (Å²) < 4.78 is 0. The number of rotatable bonds is 1. The summed E-state index contributed by atoms with van der Waals surface area (Å²) in [5.74, 6) is 0. The number of hydrogen-bond donors (Lipinski definition) is 1. The average Bonchev–Trinajstić information content (AvgIpc) is 2.37. The number of carbonyl (C=O) groups is 1. The van der Waals surface area contributed by atoms with Gasteiger partial charge in [-0.3, -0.25) is 0 Å². The summed E-state index contributed by atoms with van der Waals surface area (Å²) >= 11 is 0. The van der Waals surface area contributed by atoms with Gasteiger partial charge in [-0.25, -0.2) is 4.79 Å². The van der Waals surface area contributed by atoms with Crippen LogP contribution >= 0.6 is 0 Å². The Morgan fingerprint density at radius 2 is 1.92 bits per heavy atom. The summed E-state index contributed by atoms with van der Waals surface area (Å²) in [5.41, 5.74) is 0. The fourth-order valence-electron chi connectivity index (χ4n) is 2.69. The predicted molar refractivity (Wildman–Crippen MR) is 51.6 cm³/mol. The molecule has 2 atom stereocenters. The van der Waals surface area contributed by atoms with Crippen LogP contribution in [0.1, 0.15) is 39.0 Å². The number of nitrogens with one attached hydrogen (secondary N) is 1. The van der Waals surface area contributed by atoms with E-state index < -0.39 is 0 Å². The van der Waals surface area contributed by atoms with E-state index in [-0.39, 0.29) is 6.03 Å². The summed E-state index contributed by atoms with van der Waals surface area (Å²) in [5, 5.41) is 2.90. The summed E-state index contributed by atoms with van der Waals surface area (Å²) in [6, 6.07) is 1.25. The van der Waals surface area contributed by atoms with Gasteiger partial charge in [0.25, 0.3) is 0 Å². The Balaban J connectivity index is 2.02. The molecule has 1 N–H and O–H groups in total. The van der Waals surface area contributed by atoms with Crippen LogP contribution in [0.15, 0.2) is 0 Å². The van der Waals surface area contributed by atoms with E-state index in [1.165, 1.54) is 32.1 Å². The molecule has 74 valence electrons. The third-order valence-corrected chi connectivity index (χ3v) is 3.26. The normalized spacial score (nSPS) is 31.9. The molecule has 2 fully saturated rings. The molecule has 2 aliphatic rings. The topological polar surface area (TPSA) is 32.3 Å². The Morgan fingerprint density at radius 1 is 1.31 bits per heavy atom. The summed E-state index contributed by atoms with van der Waals surface area (Å²) in [4.78, 5) is 13.8. The van der Waals surface area contributed by atoms with Crippen molar-refractivity contribution in [2.24, 2.45) is 0 Å². The second kappa shape index (κ2) is 3.56. The molecule has 2 heterocycles. The first-order valence-corrected chi connectivity index (χ1v) is 5.39. The van der Waals surface area contributed by atoms with Crippen LogP contribution in [0.3, 0.4) is 0 Å². The molecule has 2 aliphatic heterocycles. The highest BCUT2D eigenvalue weighted by Crippen LogP contribution is 2.35. The standard InChI is InChI=1S/C10H18N2O/c1-2-11-10(13)12-8-4-3-5-9(12)7-6-8/h8-9H,2-7H2,1H3,(H,11,13). The van der Waals surface area contributed by atoms with Gasteiger partial charge in [0.15, 0.2) is 0 Å². The molecule has 3 nitrogen and oxygen atoms in total. The first-order valence-electron chi connectivity index (χ1n) is 5.39. The van der Waals surface area contributed by atoms with Crippen molar-refractivity contribution >= 4 is 6.03 Å². The van der Waals surface area contributed by atoms with Crippen molar-refractivity contribution in [3.8, 4) is 0 Å². The molecule has 0 aromatic carbocycles. The number of hydrogen-bond acceptors (Lipinski definition) is 1. The minimum atomic E-state index is 0.162. The van der Waals surface area contributed by atoms with Crippen molar-refractivity contribution in [1.82, 2.24) is 10.2 Å². The fraction of sp³-hybridized carbons (Fsp3) is 0.900. The molecule has 0 radical (unpaired) electrons. The van der Waals surface area contributed by atoms with Crippen LogP contribution in [-0.2, 0) is 0 Å². The molecule has 13 heavy (non-hydrogen) atoms. The van der Waals surface area contributed by atoms with Crippen LogP contribution in [0.4, 0.5) is 4.79 Å². The maximum absolute atomic E-state index is 11.7. The Kier molecular flexibility index (Phi) is 2.42. The van der Waals surface area contributed by atoms with Gasteiger partial charge in [-0.1, -0.05) is 0 Å². The first kappa shape index (κ1) is 8.85. The minimum absolute atomic E-state index is 0.162. The third kappa shape index (κ3) is 1.52. The molecule has 0 aliphatic carbocycles. The second-order valence-corrected chi connectivity index (χ2v) is 4.06. The smallest absolute Gasteiger partial charge is 0.317 e.